The summed E-state index contributed by atoms with van der Waals surface area (Å²) in [5.41, 5.74) is 9.82. The minimum atomic E-state index is -1.07. The van der Waals surface area contributed by atoms with Gasteiger partial charge < -0.3 is 34.7 Å². The van der Waals surface area contributed by atoms with Crippen molar-refractivity contribution in [2.45, 2.75) is 30.1 Å². The maximum absolute atomic E-state index is 12.9. The van der Waals surface area contributed by atoms with Crippen molar-refractivity contribution >= 4 is 22.9 Å². The minimum Gasteiger partial charge on any atom is -0.497 e. The van der Waals surface area contributed by atoms with E-state index < -0.39 is 30.1 Å². The van der Waals surface area contributed by atoms with Crippen LogP contribution < -0.4 is 20.5 Å². The summed E-state index contributed by atoms with van der Waals surface area (Å²) in [5.74, 6) is 1.41. The molecule has 0 radical (unpaired) electrons. The highest BCUT2D eigenvalue weighted by atomic mass is 16.6. The van der Waals surface area contributed by atoms with Gasteiger partial charge in [-0.05, 0) is 53.1 Å². The van der Waals surface area contributed by atoms with Gasteiger partial charge in [0.1, 0.15) is 35.6 Å². The third-order valence-corrected chi connectivity index (χ3v) is 9.21. The number of carbonyl (C=O) groups excluding carboxylic acids is 1. The van der Waals surface area contributed by atoms with Gasteiger partial charge in [-0.2, -0.15) is 0 Å². The van der Waals surface area contributed by atoms with Gasteiger partial charge in [0.05, 0.1) is 33.2 Å². The predicted octanol–water partition coefficient (Wildman–Crippen LogP) is 5.34. The molecule has 7 rings (SSSR count). The molecule has 1 aliphatic heterocycles. The van der Waals surface area contributed by atoms with Gasteiger partial charge in [0.25, 0.3) is 5.91 Å². The van der Waals surface area contributed by atoms with Gasteiger partial charge in [0.15, 0.2) is 23.2 Å². The molecule has 12 nitrogen and oxygen atoms in total. The van der Waals surface area contributed by atoms with E-state index in [0.717, 1.165) is 28.2 Å². The molecule has 0 spiro atoms. The van der Waals surface area contributed by atoms with E-state index in [0.29, 0.717) is 16.7 Å². The molecule has 12 heteroatoms. The van der Waals surface area contributed by atoms with E-state index in [9.17, 15) is 4.79 Å². The first-order chi connectivity index (χ1) is 25.0. The number of ether oxygens (including phenoxy) is 5. The number of carbonyl (C=O) groups is 1. The number of fused-ring (bicyclic) bond motifs is 1. The monoisotopic (exact) mass is 686 g/mol. The van der Waals surface area contributed by atoms with Crippen molar-refractivity contribution in [3.63, 3.8) is 0 Å². The fourth-order valence-electron chi connectivity index (χ4n) is 6.58. The first-order valence-electron chi connectivity index (χ1n) is 16.4. The van der Waals surface area contributed by atoms with Crippen LogP contribution >= 0.6 is 0 Å². The molecule has 0 aliphatic carbocycles. The standard InChI is InChI=1S/C39H38N6O6/c1-47-29-18-14-27(15-19-29)39(26-12-8-5-9-13-26,28-16-20-30(48-2)21-17-28)50-22-31-32(40)34(49-3)38(51-31)45-24-43-33-35(41-23-42-36(33)45)44-37(46)25-10-6-4-7-11-25/h4-21,23-24,31-32,34,38H,22,40H2,1-3H3,(H,41,42,44,46)/t31-,32-,34-,38-/m1/s1. The van der Waals surface area contributed by atoms with Gasteiger partial charge >= 0.3 is 0 Å². The van der Waals surface area contributed by atoms with E-state index >= 15 is 0 Å². The molecule has 3 heterocycles. The average Bonchev–Trinajstić information content (AvgIpc) is 3.77. The highest BCUT2D eigenvalue weighted by Crippen LogP contribution is 2.43. The van der Waals surface area contributed by atoms with Gasteiger partial charge in [0.2, 0.25) is 0 Å². The van der Waals surface area contributed by atoms with Crippen LogP contribution in [0.25, 0.3) is 11.2 Å². The first-order valence-corrected chi connectivity index (χ1v) is 16.4. The Kier molecular flexibility index (Phi) is 9.73. The van der Waals surface area contributed by atoms with Crippen LogP contribution in [0.2, 0.25) is 0 Å². The van der Waals surface area contributed by atoms with Crippen LogP contribution in [0.4, 0.5) is 5.82 Å². The number of hydrogen-bond acceptors (Lipinski definition) is 10. The molecule has 1 amide bonds. The van der Waals surface area contributed by atoms with Crippen LogP contribution in [0, 0.1) is 0 Å². The SMILES string of the molecule is COc1ccc(C(OC[C@H]2O[C@@H](n3cnc4c(NC(=O)c5ccccc5)ncnc43)[C@H](OC)[C@@H]2N)(c2ccccc2)c2ccc(OC)cc2)cc1. The lowest BCUT2D eigenvalue weighted by Gasteiger charge is -2.37. The maximum Gasteiger partial charge on any atom is 0.256 e. The summed E-state index contributed by atoms with van der Waals surface area (Å²) in [7, 11) is 4.86. The first kappa shape index (κ1) is 33.8. The van der Waals surface area contributed by atoms with Crippen LogP contribution in [0.1, 0.15) is 33.3 Å². The van der Waals surface area contributed by atoms with Crippen LogP contribution in [-0.4, -0.2) is 71.6 Å². The van der Waals surface area contributed by atoms with Crippen LogP contribution in [0.3, 0.4) is 0 Å². The molecule has 0 unspecified atom stereocenters. The number of anilines is 1. The topological polar surface area (TPSA) is 145 Å². The van der Waals surface area contributed by atoms with Gasteiger partial charge in [-0.15, -0.1) is 0 Å². The second-order valence-electron chi connectivity index (χ2n) is 12.0. The predicted molar refractivity (Wildman–Crippen MR) is 191 cm³/mol. The third-order valence-electron chi connectivity index (χ3n) is 9.21. The summed E-state index contributed by atoms with van der Waals surface area (Å²) < 4.78 is 32.4. The molecule has 3 N–H and O–H groups in total. The number of benzene rings is 4. The molecule has 4 aromatic carbocycles. The molecular formula is C39H38N6O6. The lowest BCUT2D eigenvalue weighted by molar-refractivity contribution is -0.0891. The molecule has 0 saturated carbocycles. The second-order valence-corrected chi connectivity index (χ2v) is 12.0. The lowest BCUT2D eigenvalue weighted by Crippen LogP contribution is -2.44. The highest BCUT2D eigenvalue weighted by molar-refractivity contribution is 6.06. The lowest BCUT2D eigenvalue weighted by atomic mass is 9.80. The normalized spacial score (nSPS) is 18.8. The smallest absolute Gasteiger partial charge is 0.256 e. The summed E-state index contributed by atoms with van der Waals surface area (Å²) in [6, 6.07) is 34.0. The van der Waals surface area contributed by atoms with Gasteiger partial charge in [-0.25, -0.2) is 15.0 Å². The van der Waals surface area contributed by atoms with Crippen LogP contribution in [0.15, 0.2) is 122 Å². The van der Waals surface area contributed by atoms with E-state index in [1.54, 1.807) is 56.5 Å². The van der Waals surface area contributed by atoms with Gasteiger partial charge in [-0.1, -0.05) is 72.8 Å². The van der Waals surface area contributed by atoms with Crippen molar-refractivity contribution in [2.75, 3.05) is 33.3 Å². The molecular weight excluding hydrogens is 648 g/mol. The van der Waals surface area contributed by atoms with E-state index in [1.165, 1.54) is 6.33 Å². The van der Waals surface area contributed by atoms with Crippen molar-refractivity contribution < 1.29 is 28.5 Å². The van der Waals surface area contributed by atoms with Gasteiger partial charge in [0, 0.05) is 12.7 Å². The zero-order valence-electron chi connectivity index (χ0n) is 28.4. The quantitative estimate of drug-likeness (QED) is 0.162. The van der Waals surface area contributed by atoms with Gasteiger partial charge in [-0.3, -0.25) is 9.36 Å². The Hall–Kier alpha value is -5.66. The molecule has 4 atom stereocenters. The summed E-state index contributed by atoms with van der Waals surface area (Å²) in [5, 5.41) is 2.85. The summed E-state index contributed by atoms with van der Waals surface area (Å²) in [6.45, 7) is 0.102. The Morgan fingerprint density at radius 1 is 0.804 bits per heavy atom. The summed E-state index contributed by atoms with van der Waals surface area (Å²) in [6.07, 6.45) is 1.07. The second kappa shape index (κ2) is 14.7. The summed E-state index contributed by atoms with van der Waals surface area (Å²) >= 11 is 0. The Morgan fingerprint density at radius 3 is 1.98 bits per heavy atom. The molecule has 1 saturated heterocycles. The van der Waals surface area contributed by atoms with Crippen molar-refractivity contribution in [3.8, 4) is 11.5 Å². The van der Waals surface area contributed by atoms with E-state index in [1.807, 2.05) is 84.9 Å². The Bertz CT molecular complexity index is 2030. The number of rotatable bonds is 12. The molecule has 6 aromatic rings. The minimum absolute atomic E-state index is 0.102. The molecule has 1 aliphatic rings. The van der Waals surface area contributed by atoms with Crippen molar-refractivity contribution in [1.82, 2.24) is 19.5 Å². The van der Waals surface area contributed by atoms with E-state index in [2.05, 4.69) is 20.3 Å². The number of nitrogens with zero attached hydrogens (tertiary/aromatic N) is 4. The van der Waals surface area contributed by atoms with E-state index in [-0.39, 0.29) is 18.3 Å². The molecule has 0 bridgehead atoms. The fraction of sp³-hybridized carbons (Fsp3) is 0.231. The number of aromatic nitrogens is 4. The van der Waals surface area contributed by atoms with Crippen LogP contribution in [-0.2, 0) is 19.8 Å². The van der Waals surface area contributed by atoms with E-state index in [4.69, 9.17) is 29.4 Å². The molecule has 1 fully saturated rings. The number of imidazole rings is 1. The maximum atomic E-state index is 12.9. The fourth-order valence-corrected chi connectivity index (χ4v) is 6.58. The van der Waals surface area contributed by atoms with Crippen molar-refractivity contribution in [2.24, 2.45) is 5.73 Å². The van der Waals surface area contributed by atoms with Crippen molar-refractivity contribution in [3.05, 3.63) is 144 Å². The molecule has 51 heavy (non-hydrogen) atoms. The van der Waals surface area contributed by atoms with Crippen molar-refractivity contribution in [1.29, 1.82) is 0 Å². The zero-order chi connectivity index (χ0) is 35.4. The number of methoxy groups -OCH3 is 3. The average molecular weight is 687 g/mol. The largest absolute Gasteiger partial charge is 0.497 e. The summed E-state index contributed by atoms with van der Waals surface area (Å²) in [4.78, 5) is 26.3. The Balaban J connectivity index is 1.22. The number of nitrogens with one attached hydrogen (secondary N) is 1. The molecule has 260 valence electrons. The Labute approximate surface area is 295 Å². The van der Waals surface area contributed by atoms with Crippen LogP contribution in [0.5, 0.6) is 11.5 Å². The highest BCUT2D eigenvalue weighted by Gasteiger charge is 2.47. The number of nitrogens with two attached hydrogens (primary N) is 1. The number of amides is 1. The third kappa shape index (κ3) is 6.41. The zero-order valence-corrected chi connectivity index (χ0v) is 28.4. The molecule has 2 aromatic heterocycles. The number of hydrogen-bond donors (Lipinski definition) is 2. The Morgan fingerprint density at radius 2 is 1.39 bits per heavy atom.